The quantitative estimate of drug-likeness (QED) is 0.847. The average Bonchev–Trinajstić information content (AvgIpc) is 3.26. The van der Waals surface area contributed by atoms with Crippen LogP contribution in [-0.4, -0.2) is 54.1 Å². The largest absolute Gasteiger partial charge is 0.481 e. The first-order valence-electron chi connectivity index (χ1n) is 8.20. The third kappa shape index (κ3) is 2.81. The Kier molecular flexibility index (Phi) is 3.84. The monoisotopic (exact) mass is 328 g/mol. The molecule has 126 valence electrons. The number of carbonyl (C=O) groups is 1. The summed E-state index contributed by atoms with van der Waals surface area (Å²) < 4.78 is 10.6. The molecule has 2 aliphatic rings. The van der Waals surface area contributed by atoms with Gasteiger partial charge in [-0.2, -0.15) is 4.98 Å². The Labute approximate surface area is 140 Å². The van der Waals surface area contributed by atoms with Gasteiger partial charge in [0.05, 0.1) is 13.4 Å². The maximum atomic E-state index is 12.6. The number of amides is 1. The highest BCUT2D eigenvalue weighted by molar-refractivity contribution is 5.83. The van der Waals surface area contributed by atoms with E-state index in [-0.39, 0.29) is 17.7 Å². The van der Waals surface area contributed by atoms with Crippen LogP contribution < -0.4 is 9.64 Å². The van der Waals surface area contributed by atoms with Crippen molar-refractivity contribution in [3.05, 3.63) is 36.4 Å². The lowest BCUT2D eigenvalue weighted by Gasteiger charge is -2.35. The van der Waals surface area contributed by atoms with E-state index in [0.29, 0.717) is 24.9 Å². The number of anilines is 1. The fourth-order valence-corrected chi connectivity index (χ4v) is 3.24. The zero-order valence-corrected chi connectivity index (χ0v) is 13.6. The molecule has 1 saturated carbocycles. The van der Waals surface area contributed by atoms with Gasteiger partial charge in [0.15, 0.2) is 0 Å². The van der Waals surface area contributed by atoms with E-state index in [1.165, 1.54) is 0 Å². The van der Waals surface area contributed by atoms with Gasteiger partial charge < -0.3 is 19.0 Å². The predicted octanol–water partition coefficient (Wildman–Crippen LogP) is 1.53. The molecule has 0 spiro atoms. The van der Waals surface area contributed by atoms with Gasteiger partial charge in [-0.05, 0) is 18.6 Å². The van der Waals surface area contributed by atoms with Crippen molar-refractivity contribution in [2.75, 3.05) is 38.2 Å². The number of furan rings is 1. The molecule has 1 amide bonds. The number of rotatable bonds is 4. The zero-order valence-electron chi connectivity index (χ0n) is 13.6. The van der Waals surface area contributed by atoms with Crippen LogP contribution in [0.15, 0.2) is 35.1 Å². The highest BCUT2D eigenvalue weighted by atomic mass is 16.5. The molecule has 3 heterocycles. The summed E-state index contributed by atoms with van der Waals surface area (Å²) in [4.78, 5) is 25.3. The predicted molar refractivity (Wildman–Crippen MR) is 86.9 cm³/mol. The highest BCUT2D eigenvalue weighted by Gasteiger charge is 2.47. The Morgan fingerprint density at radius 1 is 1.29 bits per heavy atom. The summed E-state index contributed by atoms with van der Waals surface area (Å²) in [6, 6.07) is 5.56. The zero-order chi connectivity index (χ0) is 16.5. The van der Waals surface area contributed by atoms with E-state index in [4.69, 9.17) is 9.15 Å². The van der Waals surface area contributed by atoms with Crippen molar-refractivity contribution in [3.63, 3.8) is 0 Å². The van der Waals surface area contributed by atoms with Gasteiger partial charge in [-0.15, -0.1) is 0 Å². The van der Waals surface area contributed by atoms with E-state index < -0.39 is 0 Å². The molecule has 7 nitrogen and oxygen atoms in total. The van der Waals surface area contributed by atoms with Crippen LogP contribution >= 0.6 is 0 Å². The highest BCUT2D eigenvalue weighted by Crippen LogP contribution is 2.48. The fraction of sp³-hybridized carbons (Fsp3) is 0.471. The Morgan fingerprint density at radius 3 is 2.83 bits per heavy atom. The Bertz CT molecular complexity index is 710. The molecule has 2 aromatic heterocycles. The van der Waals surface area contributed by atoms with Crippen LogP contribution in [0.3, 0.4) is 0 Å². The third-order valence-corrected chi connectivity index (χ3v) is 4.72. The molecule has 4 rings (SSSR count). The van der Waals surface area contributed by atoms with E-state index in [9.17, 15) is 4.79 Å². The van der Waals surface area contributed by atoms with E-state index in [1.54, 1.807) is 25.6 Å². The van der Waals surface area contributed by atoms with Gasteiger partial charge in [0, 0.05) is 50.3 Å². The first kappa shape index (κ1) is 15.0. The molecular formula is C17H20N4O3. The van der Waals surface area contributed by atoms with Crippen LogP contribution in [0.1, 0.15) is 18.1 Å². The molecule has 0 radical (unpaired) electrons. The molecule has 1 aliphatic heterocycles. The van der Waals surface area contributed by atoms with Crippen LogP contribution in [0.25, 0.3) is 0 Å². The molecule has 2 aromatic rings. The van der Waals surface area contributed by atoms with Gasteiger partial charge >= 0.3 is 0 Å². The molecule has 2 unspecified atom stereocenters. The SMILES string of the molecule is COc1ccnc(N2CCN(C(=O)C3CC3c3ccco3)CC2)n1. The summed E-state index contributed by atoms with van der Waals surface area (Å²) >= 11 is 0. The molecule has 2 atom stereocenters. The number of aromatic nitrogens is 2. The number of piperazine rings is 1. The molecule has 7 heteroatoms. The van der Waals surface area contributed by atoms with E-state index in [0.717, 1.165) is 25.3 Å². The lowest BCUT2D eigenvalue weighted by molar-refractivity contribution is -0.133. The minimum Gasteiger partial charge on any atom is -0.481 e. The number of carbonyl (C=O) groups excluding carboxylic acids is 1. The van der Waals surface area contributed by atoms with Gasteiger partial charge in [0.25, 0.3) is 0 Å². The summed E-state index contributed by atoms with van der Waals surface area (Å²) in [5.74, 6) is 2.71. The number of methoxy groups -OCH3 is 1. The standard InChI is InChI=1S/C17H20N4O3/c1-23-15-4-5-18-17(19-15)21-8-6-20(7-9-21)16(22)13-11-12(13)14-3-2-10-24-14/h2-5,10,12-13H,6-9,11H2,1H3. The van der Waals surface area contributed by atoms with Crippen LogP contribution in [-0.2, 0) is 4.79 Å². The average molecular weight is 328 g/mol. The van der Waals surface area contributed by atoms with Gasteiger partial charge in [-0.1, -0.05) is 0 Å². The Balaban J connectivity index is 1.34. The van der Waals surface area contributed by atoms with Crippen LogP contribution in [0.5, 0.6) is 5.88 Å². The summed E-state index contributed by atoms with van der Waals surface area (Å²) in [5.41, 5.74) is 0. The lowest BCUT2D eigenvalue weighted by Crippen LogP contribution is -2.49. The smallest absolute Gasteiger partial charge is 0.228 e. The molecule has 1 saturated heterocycles. The maximum Gasteiger partial charge on any atom is 0.228 e. The summed E-state index contributed by atoms with van der Waals surface area (Å²) in [6.07, 6.45) is 4.25. The molecule has 0 N–H and O–H groups in total. The minimum absolute atomic E-state index is 0.0794. The van der Waals surface area contributed by atoms with Gasteiger partial charge in [0.1, 0.15) is 5.76 Å². The molecule has 2 fully saturated rings. The van der Waals surface area contributed by atoms with Crippen molar-refractivity contribution in [2.45, 2.75) is 12.3 Å². The topological polar surface area (TPSA) is 71.7 Å². The summed E-state index contributed by atoms with van der Waals surface area (Å²) in [7, 11) is 1.59. The van der Waals surface area contributed by atoms with Crippen molar-refractivity contribution in [3.8, 4) is 5.88 Å². The van der Waals surface area contributed by atoms with Crippen molar-refractivity contribution in [2.24, 2.45) is 5.92 Å². The summed E-state index contributed by atoms with van der Waals surface area (Å²) in [5, 5.41) is 0. The van der Waals surface area contributed by atoms with E-state index >= 15 is 0 Å². The summed E-state index contributed by atoms with van der Waals surface area (Å²) in [6.45, 7) is 2.86. The number of hydrogen-bond donors (Lipinski definition) is 0. The second-order valence-corrected chi connectivity index (χ2v) is 6.18. The van der Waals surface area contributed by atoms with Crippen molar-refractivity contribution < 1.29 is 13.9 Å². The maximum absolute atomic E-state index is 12.6. The first-order valence-corrected chi connectivity index (χ1v) is 8.20. The molecule has 0 aromatic carbocycles. The van der Waals surface area contributed by atoms with Crippen molar-refractivity contribution in [1.29, 1.82) is 0 Å². The molecule has 0 bridgehead atoms. The molecule has 24 heavy (non-hydrogen) atoms. The molecular weight excluding hydrogens is 308 g/mol. The third-order valence-electron chi connectivity index (χ3n) is 4.72. The van der Waals surface area contributed by atoms with Gasteiger partial charge in [-0.3, -0.25) is 4.79 Å². The Hall–Kier alpha value is -2.57. The second kappa shape index (κ2) is 6.14. The van der Waals surface area contributed by atoms with Crippen LogP contribution in [0.4, 0.5) is 5.95 Å². The number of nitrogens with zero attached hydrogens (tertiary/aromatic N) is 4. The van der Waals surface area contributed by atoms with E-state index in [2.05, 4.69) is 14.9 Å². The van der Waals surface area contributed by atoms with Crippen molar-refractivity contribution in [1.82, 2.24) is 14.9 Å². The number of hydrogen-bond acceptors (Lipinski definition) is 6. The molecule has 1 aliphatic carbocycles. The van der Waals surface area contributed by atoms with Crippen LogP contribution in [0.2, 0.25) is 0 Å². The lowest BCUT2D eigenvalue weighted by atomic mass is 10.2. The number of ether oxygens (including phenoxy) is 1. The van der Waals surface area contributed by atoms with E-state index in [1.807, 2.05) is 17.0 Å². The fourth-order valence-electron chi connectivity index (χ4n) is 3.24. The van der Waals surface area contributed by atoms with Crippen molar-refractivity contribution >= 4 is 11.9 Å². The first-order chi connectivity index (χ1) is 11.8. The van der Waals surface area contributed by atoms with Gasteiger partial charge in [0.2, 0.25) is 17.7 Å². The minimum atomic E-state index is 0.0794. The Morgan fingerprint density at radius 2 is 2.12 bits per heavy atom. The normalized spacial score (nSPS) is 23.2. The second-order valence-electron chi connectivity index (χ2n) is 6.18. The van der Waals surface area contributed by atoms with Gasteiger partial charge in [-0.25, -0.2) is 4.98 Å². The van der Waals surface area contributed by atoms with Crippen LogP contribution in [0, 0.1) is 5.92 Å².